The zero-order valence-corrected chi connectivity index (χ0v) is 16.6. The van der Waals surface area contributed by atoms with Crippen LogP contribution in [0.4, 0.5) is 0 Å². The lowest BCUT2D eigenvalue weighted by Gasteiger charge is -2.27. The average Bonchev–Trinajstić information content (AvgIpc) is 3.32. The second-order valence-corrected chi connectivity index (χ2v) is 8.30. The molecule has 2 aliphatic heterocycles. The Morgan fingerprint density at radius 3 is 2.79 bits per heavy atom. The van der Waals surface area contributed by atoms with Crippen molar-refractivity contribution in [1.29, 1.82) is 0 Å². The van der Waals surface area contributed by atoms with Gasteiger partial charge < -0.3 is 14.5 Å². The van der Waals surface area contributed by atoms with Crippen LogP contribution in [0.3, 0.4) is 0 Å². The van der Waals surface area contributed by atoms with E-state index in [0.717, 1.165) is 18.0 Å². The molecule has 2 fully saturated rings. The standard InChI is InChI=1S/C19H25N5O5/c1-12-4-23(18(28)20-17(12)27)8-16(26)24-6-14-5-22(9-19(14,10-24)11-25)7-15-3-13(2)21-29-15/h3-4,14,25H,5-11H2,1-2H3,(H,20,27,28). The second-order valence-electron chi connectivity index (χ2n) is 8.30. The maximum atomic E-state index is 12.8. The highest BCUT2D eigenvalue weighted by atomic mass is 16.5. The highest BCUT2D eigenvalue weighted by Gasteiger charge is 2.53. The van der Waals surface area contributed by atoms with Gasteiger partial charge in [0.25, 0.3) is 5.56 Å². The molecule has 0 aliphatic carbocycles. The van der Waals surface area contributed by atoms with E-state index in [1.54, 1.807) is 11.8 Å². The van der Waals surface area contributed by atoms with E-state index >= 15 is 0 Å². The maximum Gasteiger partial charge on any atom is 0.328 e. The van der Waals surface area contributed by atoms with Gasteiger partial charge in [-0.15, -0.1) is 0 Å². The van der Waals surface area contributed by atoms with Crippen LogP contribution in [0.2, 0.25) is 0 Å². The molecule has 0 radical (unpaired) electrons. The van der Waals surface area contributed by atoms with Crippen LogP contribution in [-0.4, -0.2) is 68.3 Å². The number of likely N-dealkylation sites (tertiary alicyclic amines) is 2. The van der Waals surface area contributed by atoms with E-state index in [4.69, 9.17) is 4.52 Å². The summed E-state index contributed by atoms with van der Waals surface area (Å²) in [5.74, 6) is 0.740. The van der Waals surface area contributed by atoms with E-state index in [1.165, 1.54) is 10.8 Å². The third-order valence-electron chi connectivity index (χ3n) is 6.05. The van der Waals surface area contributed by atoms with Gasteiger partial charge in [-0.2, -0.15) is 0 Å². The van der Waals surface area contributed by atoms with E-state index in [2.05, 4.69) is 15.0 Å². The molecule has 156 valence electrons. The molecule has 0 spiro atoms. The number of carbonyl (C=O) groups excluding carboxylic acids is 1. The summed E-state index contributed by atoms with van der Waals surface area (Å²) in [6.07, 6.45) is 1.40. The molecule has 2 aromatic heterocycles. The molecule has 0 aromatic carbocycles. The Bertz CT molecular complexity index is 1040. The van der Waals surface area contributed by atoms with Crippen LogP contribution in [0.1, 0.15) is 17.0 Å². The summed E-state index contributed by atoms with van der Waals surface area (Å²) in [5, 5.41) is 14.0. The number of carbonyl (C=O) groups is 1. The minimum absolute atomic E-state index is 0.00884. The lowest BCUT2D eigenvalue weighted by atomic mass is 9.82. The number of hydrogen-bond donors (Lipinski definition) is 2. The summed E-state index contributed by atoms with van der Waals surface area (Å²) in [6.45, 7) is 6.33. The van der Waals surface area contributed by atoms with Crippen molar-refractivity contribution in [2.24, 2.45) is 11.3 Å². The number of amides is 1. The number of aromatic nitrogens is 3. The Balaban J connectivity index is 1.43. The highest BCUT2D eigenvalue weighted by molar-refractivity contribution is 5.76. The molecule has 10 nitrogen and oxygen atoms in total. The van der Waals surface area contributed by atoms with Crippen molar-refractivity contribution in [2.75, 3.05) is 32.8 Å². The van der Waals surface area contributed by atoms with E-state index in [0.29, 0.717) is 31.7 Å². The van der Waals surface area contributed by atoms with Gasteiger partial charge in [-0.3, -0.25) is 24.0 Å². The molecule has 2 aromatic rings. The van der Waals surface area contributed by atoms with Gasteiger partial charge >= 0.3 is 5.69 Å². The molecule has 2 N–H and O–H groups in total. The molecular weight excluding hydrogens is 378 g/mol. The van der Waals surface area contributed by atoms with Crippen molar-refractivity contribution in [3.05, 3.63) is 50.1 Å². The van der Waals surface area contributed by atoms with Gasteiger partial charge in [0.1, 0.15) is 6.54 Å². The van der Waals surface area contributed by atoms with Crippen molar-refractivity contribution in [1.82, 2.24) is 24.5 Å². The molecule has 29 heavy (non-hydrogen) atoms. The summed E-state index contributed by atoms with van der Waals surface area (Å²) < 4.78 is 6.51. The smallest absolute Gasteiger partial charge is 0.328 e. The molecule has 10 heteroatoms. The number of aromatic amines is 1. The number of nitrogens with zero attached hydrogens (tertiary/aromatic N) is 4. The number of rotatable bonds is 5. The predicted molar refractivity (Wildman–Crippen MR) is 102 cm³/mol. The Morgan fingerprint density at radius 2 is 2.14 bits per heavy atom. The number of aliphatic hydroxyl groups excluding tert-OH is 1. The summed E-state index contributed by atoms with van der Waals surface area (Å²) in [4.78, 5) is 42.4. The molecule has 0 saturated carbocycles. The van der Waals surface area contributed by atoms with Crippen LogP contribution in [0, 0.1) is 25.2 Å². The maximum absolute atomic E-state index is 12.8. The lowest BCUT2D eigenvalue weighted by molar-refractivity contribution is -0.131. The van der Waals surface area contributed by atoms with Crippen LogP contribution >= 0.6 is 0 Å². The molecular formula is C19H25N5O5. The van der Waals surface area contributed by atoms with E-state index in [-0.39, 0.29) is 30.4 Å². The Kier molecular flexibility index (Phi) is 4.91. The predicted octanol–water partition coefficient (Wildman–Crippen LogP) is -0.906. The fourth-order valence-corrected chi connectivity index (χ4v) is 4.52. The monoisotopic (exact) mass is 403 g/mol. The molecule has 2 unspecified atom stereocenters. The molecule has 4 heterocycles. The van der Waals surface area contributed by atoms with E-state index in [1.807, 2.05) is 13.0 Å². The third-order valence-corrected chi connectivity index (χ3v) is 6.05. The van der Waals surface area contributed by atoms with Crippen molar-refractivity contribution in [2.45, 2.75) is 26.9 Å². The molecule has 2 saturated heterocycles. The first-order valence-electron chi connectivity index (χ1n) is 9.63. The number of aliphatic hydroxyl groups is 1. The van der Waals surface area contributed by atoms with Crippen molar-refractivity contribution < 1.29 is 14.4 Å². The summed E-state index contributed by atoms with van der Waals surface area (Å²) in [7, 11) is 0. The molecule has 2 atom stereocenters. The van der Waals surface area contributed by atoms with Gasteiger partial charge in [0.2, 0.25) is 5.91 Å². The number of fused-ring (bicyclic) bond motifs is 1. The SMILES string of the molecule is Cc1cc(CN2CC3CN(C(=O)Cn4cc(C)c(=O)[nH]c4=O)CC3(CO)C2)on1. The summed E-state index contributed by atoms with van der Waals surface area (Å²) >= 11 is 0. The summed E-state index contributed by atoms with van der Waals surface area (Å²) in [5.41, 5.74) is -0.215. The fourth-order valence-electron chi connectivity index (χ4n) is 4.52. The van der Waals surface area contributed by atoms with Gasteiger partial charge in [0, 0.05) is 49.4 Å². The largest absolute Gasteiger partial charge is 0.396 e. The first-order chi connectivity index (χ1) is 13.8. The minimum atomic E-state index is -0.598. The topological polar surface area (TPSA) is 125 Å². The Morgan fingerprint density at radius 1 is 1.34 bits per heavy atom. The minimum Gasteiger partial charge on any atom is -0.396 e. The summed E-state index contributed by atoms with van der Waals surface area (Å²) in [6, 6.07) is 1.90. The quantitative estimate of drug-likeness (QED) is 0.662. The van der Waals surface area contributed by atoms with Gasteiger partial charge in [0.05, 0.1) is 18.8 Å². The van der Waals surface area contributed by atoms with E-state index in [9.17, 15) is 19.5 Å². The van der Waals surface area contributed by atoms with Crippen LogP contribution < -0.4 is 11.2 Å². The normalized spacial score (nSPS) is 24.2. The Hall–Kier alpha value is -2.72. The van der Waals surface area contributed by atoms with Crippen molar-refractivity contribution in [3.63, 3.8) is 0 Å². The highest BCUT2D eigenvalue weighted by Crippen LogP contribution is 2.42. The first kappa shape index (κ1) is 19.6. The molecule has 4 rings (SSSR count). The first-order valence-corrected chi connectivity index (χ1v) is 9.63. The van der Waals surface area contributed by atoms with Crippen molar-refractivity contribution in [3.8, 4) is 0 Å². The Labute approximate surface area is 166 Å². The van der Waals surface area contributed by atoms with Gasteiger partial charge in [-0.05, 0) is 19.8 Å². The van der Waals surface area contributed by atoms with E-state index < -0.39 is 11.2 Å². The molecule has 0 bridgehead atoms. The number of H-pyrrole nitrogens is 1. The second kappa shape index (κ2) is 7.27. The van der Waals surface area contributed by atoms with Gasteiger partial charge in [0.15, 0.2) is 5.76 Å². The zero-order chi connectivity index (χ0) is 20.8. The van der Waals surface area contributed by atoms with Crippen LogP contribution in [0.5, 0.6) is 0 Å². The fraction of sp³-hybridized carbons (Fsp3) is 0.579. The molecule has 1 amide bonds. The molecule has 2 aliphatic rings. The third kappa shape index (κ3) is 3.65. The number of hydrogen-bond acceptors (Lipinski definition) is 7. The lowest BCUT2D eigenvalue weighted by Crippen LogP contribution is -2.41. The van der Waals surface area contributed by atoms with Crippen LogP contribution in [0.25, 0.3) is 0 Å². The van der Waals surface area contributed by atoms with Crippen LogP contribution in [0.15, 0.2) is 26.4 Å². The zero-order valence-electron chi connectivity index (χ0n) is 16.6. The average molecular weight is 403 g/mol. The van der Waals surface area contributed by atoms with Gasteiger partial charge in [-0.1, -0.05) is 5.16 Å². The van der Waals surface area contributed by atoms with Crippen LogP contribution in [-0.2, 0) is 17.9 Å². The van der Waals surface area contributed by atoms with Gasteiger partial charge in [-0.25, -0.2) is 4.79 Å². The number of aryl methyl sites for hydroxylation is 2. The van der Waals surface area contributed by atoms with Crippen molar-refractivity contribution >= 4 is 5.91 Å². The number of nitrogens with one attached hydrogen (secondary N) is 1.